The number of carboxylic acid groups (broad SMARTS) is 1. The Hall–Kier alpha value is -1.03. The second-order valence-corrected chi connectivity index (χ2v) is 2.38. The van der Waals surface area contributed by atoms with E-state index in [4.69, 9.17) is 14.9 Å². The number of hydrogen-bond acceptors (Lipinski definition) is 3. The summed E-state index contributed by atoms with van der Waals surface area (Å²) in [6.07, 6.45) is 0.985. The van der Waals surface area contributed by atoms with Crippen LogP contribution in [-0.4, -0.2) is 29.9 Å². The first-order valence-corrected chi connectivity index (χ1v) is 3.71. The summed E-state index contributed by atoms with van der Waals surface area (Å²) in [5.41, 5.74) is 0.200. The van der Waals surface area contributed by atoms with Crippen LogP contribution in [0.5, 0.6) is 0 Å². The molecule has 0 aromatic carbocycles. The number of aliphatic hydroxyl groups excluding tert-OH is 1. The van der Waals surface area contributed by atoms with Gasteiger partial charge in [-0.15, -0.1) is 0 Å². The van der Waals surface area contributed by atoms with E-state index in [1.54, 1.807) is 0 Å². The van der Waals surface area contributed by atoms with Crippen molar-refractivity contribution in [3.8, 4) is 0 Å². The van der Waals surface area contributed by atoms with Crippen LogP contribution in [0.2, 0.25) is 0 Å². The molecule has 4 heteroatoms. The average molecular weight is 174 g/mol. The van der Waals surface area contributed by atoms with Crippen LogP contribution in [0.3, 0.4) is 0 Å². The first-order chi connectivity index (χ1) is 5.63. The third kappa shape index (κ3) is 3.39. The summed E-state index contributed by atoms with van der Waals surface area (Å²) in [5, 5.41) is 17.1. The Kier molecular flexibility index (Phi) is 5.12. The molecule has 0 radical (unpaired) electrons. The Balaban J connectivity index is 4.28. The van der Waals surface area contributed by atoms with Gasteiger partial charge in [0.1, 0.15) is 5.76 Å². The maximum Gasteiger partial charge on any atom is 0.334 e. The van der Waals surface area contributed by atoms with Gasteiger partial charge in [-0.3, -0.25) is 0 Å². The lowest BCUT2D eigenvalue weighted by molar-refractivity contribution is -0.132. The molecular weight excluding hydrogens is 160 g/mol. The number of aliphatic carboxylic acids is 1. The SMILES string of the molecule is COC(CCCO)=C(C)C(=O)O. The van der Waals surface area contributed by atoms with Crippen LogP contribution in [0.1, 0.15) is 19.8 Å². The summed E-state index contributed by atoms with van der Waals surface area (Å²) in [6, 6.07) is 0. The van der Waals surface area contributed by atoms with Crippen LogP contribution in [0.4, 0.5) is 0 Å². The molecule has 0 atom stereocenters. The van der Waals surface area contributed by atoms with E-state index in [1.807, 2.05) is 0 Å². The van der Waals surface area contributed by atoms with E-state index in [0.717, 1.165) is 0 Å². The smallest absolute Gasteiger partial charge is 0.334 e. The highest BCUT2D eigenvalue weighted by atomic mass is 16.5. The summed E-state index contributed by atoms with van der Waals surface area (Å²) >= 11 is 0. The molecule has 0 rings (SSSR count). The molecule has 0 aliphatic carbocycles. The van der Waals surface area contributed by atoms with Crippen LogP contribution in [0.15, 0.2) is 11.3 Å². The minimum absolute atomic E-state index is 0.0414. The first kappa shape index (κ1) is 11.0. The van der Waals surface area contributed by atoms with E-state index in [-0.39, 0.29) is 12.2 Å². The minimum Gasteiger partial charge on any atom is -0.501 e. The predicted octanol–water partition coefficient (Wildman–Crippen LogP) is 0.764. The minimum atomic E-state index is -0.982. The molecular formula is C8H14O4. The normalized spacial score (nSPS) is 12.2. The van der Waals surface area contributed by atoms with Gasteiger partial charge in [0.2, 0.25) is 0 Å². The Bertz CT molecular complexity index is 183. The van der Waals surface area contributed by atoms with E-state index in [2.05, 4.69) is 0 Å². The van der Waals surface area contributed by atoms with Crippen molar-refractivity contribution in [2.75, 3.05) is 13.7 Å². The Morgan fingerprint density at radius 2 is 2.08 bits per heavy atom. The fraction of sp³-hybridized carbons (Fsp3) is 0.625. The third-order valence-corrected chi connectivity index (χ3v) is 1.55. The Morgan fingerprint density at radius 1 is 1.50 bits per heavy atom. The van der Waals surface area contributed by atoms with E-state index in [1.165, 1.54) is 14.0 Å². The van der Waals surface area contributed by atoms with Crippen LogP contribution in [0, 0.1) is 0 Å². The summed E-state index contributed by atoms with van der Waals surface area (Å²) < 4.78 is 4.86. The molecule has 0 spiro atoms. The molecule has 4 nitrogen and oxygen atoms in total. The molecule has 0 saturated heterocycles. The van der Waals surface area contributed by atoms with Crippen LogP contribution in [0.25, 0.3) is 0 Å². The highest BCUT2D eigenvalue weighted by Crippen LogP contribution is 2.11. The largest absolute Gasteiger partial charge is 0.501 e. The summed E-state index contributed by atoms with van der Waals surface area (Å²) in [6.45, 7) is 1.53. The molecule has 0 unspecified atom stereocenters. The molecule has 0 fully saturated rings. The number of aliphatic hydroxyl groups is 1. The molecule has 0 aromatic heterocycles. The van der Waals surface area contributed by atoms with Crippen LogP contribution >= 0.6 is 0 Å². The molecule has 0 heterocycles. The van der Waals surface area contributed by atoms with Crippen molar-refractivity contribution in [3.63, 3.8) is 0 Å². The van der Waals surface area contributed by atoms with E-state index in [9.17, 15) is 4.79 Å². The second-order valence-electron chi connectivity index (χ2n) is 2.38. The van der Waals surface area contributed by atoms with Crippen molar-refractivity contribution in [2.24, 2.45) is 0 Å². The van der Waals surface area contributed by atoms with Gasteiger partial charge in [0.25, 0.3) is 0 Å². The number of rotatable bonds is 5. The number of methoxy groups -OCH3 is 1. The molecule has 2 N–H and O–H groups in total. The van der Waals surface area contributed by atoms with Gasteiger partial charge in [0.15, 0.2) is 0 Å². The van der Waals surface area contributed by atoms with Crippen molar-refractivity contribution in [1.29, 1.82) is 0 Å². The van der Waals surface area contributed by atoms with Gasteiger partial charge in [-0.05, 0) is 13.3 Å². The quantitative estimate of drug-likeness (QED) is 0.477. The first-order valence-electron chi connectivity index (χ1n) is 3.71. The van der Waals surface area contributed by atoms with Gasteiger partial charge >= 0.3 is 5.97 Å². The zero-order chi connectivity index (χ0) is 9.56. The van der Waals surface area contributed by atoms with Gasteiger partial charge in [-0.2, -0.15) is 0 Å². The lowest BCUT2D eigenvalue weighted by Crippen LogP contribution is -2.03. The van der Waals surface area contributed by atoms with Crippen molar-refractivity contribution < 1.29 is 19.7 Å². The van der Waals surface area contributed by atoms with Gasteiger partial charge in [0.05, 0.1) is 12.7 Å². The average Bonchev–Trinajstić information content (AvgIpc) is 2.05. The number of hydrogen-bond donors (Lipinski definition) is 2. The molecule has 70 valence electrons. The molecule has 0 aliphatic heterocycles. The predicted molar refractivity (Wildman–Crippen MR) is 43.7 cm³/mol. The number of allylic oxidation sites excluding steroid dienone is 1. The van der Waals surface area contributed by atoms with Gasteiger partial charge in [0, 0.05) is 13.0 Å². The molecule has 12 heavy (non-hydrogen) atoms. The van der Waals surface area contributed by atoms with Crippen molar-refractivity contribution in [3.05, 3.63) is 11.3 Å². The van der Waals surface area contributed by atoms with Crippen LogP contribution < -0.4 is 0 Å². The van der Waals surface area contributed by atoms with Crippen molar-refractivity contribution in [1.82, 2.24) is 0 Å². The maximum absolute atomic E-state index is 10.5. The number of carbonyl (C=O) groups is 1. The van der Waals surface area contributed by atoms with E-state index >= 15 is 0 Å². The molecule has 0 saturated carbocycles. The van der Waals surface area contributed by atoms with Crippen LogP contribution in [-0.2, 0) is 9.53 Å². The van der Waals surface area contributed by atoms with Crippen molar-refractivity contribution in [2.45, 2.75) is 19.8 Å². The highest BCUT2D eigenvalue weighted by Gasteiger charge is 2.08. The summed E-state index contributed by atoms with van der Waals surface area (Å²) in [7, 11) is 1.43. The zero-order valence-electron chi connectivity index (χ0n) is 7.33. The number of ether oxygens (including phenoxy) is 1. The zero-order valence-corrected chi connectivity index (χ0v) is 7.33. The molecule has 0 aliphatic rings. The lowest BCUT2D eigenvalue weighted by atomic mass is 10.2. The summed E-state index contributed by atoms with van der Waals surface area (Å²) in [5.74, 6) is -0.554. The molecule has 0 aromatic rings. The van der Waals surface area contributed by atoms with Gasteiger partial charge in [-0.25, -0.2) is 4.79 Å². The standard InChI is InChI=1S/C8H14O4/c1-6(8(10)11)7(12-2)4-3-5-9/h9H,3-5H2,1-2H3,(H,10,11). The van der Waals surface area contributed by atoms with Crippen molar-refractivity contribution >= 4 is 5.97 Å². The number of carboxylic acids is 1. The van der Waals surface area contributed by atoms with Gasteiger partial charge < -0.3 is 14.9 Å². The highest BCUT2D eigenvalue weighted by molar-refractivity contribution is 5.86. The second kappa shape index (κ2) is 5.60. The van der Waals surface area contributed by atoms with E-state index < -0.39 is 5.97 Å². The Labute approximate surface area is 71.5 Å². The molecule has 0 bridgehead atoms. The summed E-state index contributed by atoms with van der Waals surface area (Å²) in [4.78, 5) is 10.5. The van der Waals surface area contributed by atoms with Gasteiger partial charge in [-0.1, -0.05) is 0 Å². The fourth-order valence-corrected chi connectivity index (χ4v) is 0.802. The molecule has 0 amide bonds. The topological polar surface area (TPSA) is 66.8 Å². The van der Waals surface area contributed by atoms with E-state index in [0.29, 0.717) is 18.6 Å². The monoisotopic (exact) mass is 174 g/mol. The fourth-order valence-electron chi connectivity index (χ4n) is 0.802. The Morgan fingerprint density at radius 3 is 2.42 bits per heavy atom. The lowest BCUT2D eigenvalue weighted by Gasteiger charge is -2.06. The third-order valence-electron chi connectivity index (χ3n) is 1.55. The maximum atomic E-state index is 10.5.